The van der Waals surface area contributed by atoms with Crippen molar-refractivity contribution in [2.45, 2.75) is 58.0 Å². The Morgan fingerprint density at radius 1 is 1.18 bits per heavy atom. The minimum absolute atomic E-state index is 0.0181. The third-order valence-corrected chi connectivity index (χ3v) is 8.59. The van der Waals surface area contributed by atoms with E-state index in [-0.39, 0.29) is 18.2 Å². The van der Waals surface area contributed by atoms with Crippen molar-refractivity contribution in [2.75, 3.05) is 6.61 Å². The average Bonchev–Trinajstić information content (AvgIpc) is 2.36. The van der Waals surface area contributed by atoms with Crippen molar-refractivity contribution < 1.29 is 13.6 Å². The highest BCUT2D eigenvalue weighted by Crippen LogP contribution is 2.37. The molecule has 0 bridgehead atoms. The molecule has 5 heteroatoms. The van der Waals surface area contributed by atoms with Crippen molar-refractivity contribution in [3.63, 3.8) is 0 Å². The summed E-state index contributed by atoms with van der Waals surface area (Å²) < 4.78 is 21.1. The molecule has 0 amide bonds. The summed E-state index contributed by atoms with van der Waals surface area (Å²) in [6, 6.07) is 9.30. The first-order chi connectivity index (χ1) is 9.93. The lowest BCUT2D eigenvalue weighted by Gasteiger charge is -2.37. The van der Waals surface area contributed by atoms with Gasteiger partial charge in [0.15, 0.2) is 21.1 Å². The van der Waals surface area contributed by atoms with Crippen LogP contribution in [0.3, 0.4) is 0 Å². The summed E-state index contributed by atoms with van der Waals surface area (Å²) in [5, 5.41) is 11.9. The maximum atomic E-state index is 14.6. The smallest absolute Gasteiger partial charge is 0.206 e. The zero-order valence-corrected chi connectivity index (χ0v) is 15.5. The predicted octanol–water partition coefficient (Wildman–Crippen LogP) is 4.52. The van der Waals surface area contributed by atoms with Gasteiger partial charge in [0.25, 0.3) is 0 Å². The van der Waals surface area contributed by atoms with Gasteiger partial charge in [-0.3, -0.25) is 0 Å². The van der Waals surface area contributed by atoms with E-state index in [0.29, 0.717) is 4.74 Å². The van der Waals surface area contributed by atoms with E-state index in [4.69, 9.17) is 4.43 Å². The number of rotatable bonds is 6. The number of benzene rings is 1. The number of nitrogens with zero attached hydrogens (tertiary/aromatic N) is 1. The monoisotopic (exact) mass is 325 g/mol. The molecule has 0 fully saturated rings. The molecule has 124 valence electrons. The van der Waals surface area contributed by atoms with E-state index < -0.39 is 14.0 Å². The first-order valence-electron chi connectivity index (χ1n) is 7.60. The van der Waals surface area contributed by atoms with E-state index in [1.807, 2.05) is 30.3 Å². The van der Waals surface area contributed by atoms with E-state index in [2.05, 4.69) is 33.9 Å². The molecular weight excluding hydrogens is 297 g/mol. The lowest BCUT2D eigenvalue weighted by molar-refractivity contribution is -0.473. The van der Waals surface area contributed by atoms with Gasteiger partial charge in [0.1, 0.15) is 0 Å². The summed E-state index contributed by atoms with van der Waals surface area (Å²) in [4.78, 5) is 0. The zero-order chi connectivity index (χ0) is 17.0. The molecule has 3 nitrogen and oxygen atoms in total. The first-order valence-corrected chi connectivity index (χ1v) is 10.5. The molecule has 0 radical (unpaired) electrons. The zero-order valence-electron chi connectivity index (χ0n) is 14.5. The Balaban J connectivity index is 2.68. The summed E-state index contributed by atoms with van der Waals surface area (Å²) in [5.74, 6) is 0. The second kappa shape index (κ2) is 6.92. The molecule has 0 spiro atoms. The van der Waals surface area contributed by atoms with E-state index in [9.17, 15) is 9.60 Å². The third-order valence-electron chi connectivity index (χ3n) is 4.12. The molecule has 1 aromatic carbocycles. The first kappa shape index (κ1) is 18.8. The number of hydrogen-bond donors (Lipinski definition) is 0. The fourth-order valence-corrected chi connectivity index (χ4v) is 2.76. The highest BCUT2D eigenvalue weighted by atomic mass is 28.4. The molecule has 0 aliphatic heterocycles. The van der Waals surface area contributed by atoms with Crippen LogP contribution in [0.1, 0.15) is 33.3 Å². The van der Waals surface area contributed by atoms with Crippen LogP contribution in [0.25, 0.3) is 0 Å². The Kier molecular flexibility index (Phi) is 5.93. The minimum Gasteiger partial charge on any atom is -0.624 e. The second-order valence-corrected chi connectivity index (χ2v) is 12.3. The SMILES string of the molecule is CC(C)(C)[Si](C)(C)OC[C@](C)(F)/C=[N+](\[O-])Cc1ccccc1. The maximum Gasteiger partial charge on any atom is 0.206 e. The molecule has 0 N–H and O–H groups in total. The van der Waals surface area contributed by atoms with Gasteiger partial charge in [-0.05, 0) is 25.1 Å². The highest BCUT2D eigenvalue weighted by Gasteiger charge is 2.39. The number of hydroxylamine groups is 1. The van der Waals surface area contributed by atoms with Gasteiger partial charge in [-0.15, -0.1) is 0 Å². The van der Waals surface area contributed by atoms with Crippen LogP contribution < -0.4 is 0 Å². The van der Waals surface area contributed by atoms with Crippen LogP contribution in [-0.4, -0.2) is 31.5 Å². The number of alkyl halides is 1. The fraction of sp³-hybridized carbons (Fsp3) is 0.588. The lowest BCUT2D eigenvalue weighted by Crippen LogP contribution is -2.45. The van der Waals surface area contributed by atoms with Crippen LogP contribution in [0, 0.1) is 5.21 Å². The van der Waals surface area contributed by atoms with E-state index in [1.165, 1.54) is 6.92 Å². The van der Waals surface area contributed by atoms with Crippen LogP contribution in [0.15, 0.2) is 30.3 Å². The van der Waals surface area contributed by atoms with Crippen LogP contribution in [0.4, 0.5) is 4.39 Å². The Bertz CT molecular complexity index is 507. The summed E-state index contributed by atoms with van der Waals surface area (Å²) in [6.45, 7) is 11.9. The van der Waals surface area contributed by atoms with Gasteiger partial charge in [-0.25, -0.2) is 9.13 Å². The molecule has 1 rings (SSSR count). The lowest BCUT2D eigenvalue weighted by atomic mass is 10.2. The quantitative estimate of drug-likeness (QED) is 0.253. The molecule has 0 saturated heterocycles. The molecule has 0 unspecified atom stereocenters. The third kappa shape index (κ3) is 5.89. The Hall–Kier alpha value is -1.20. The molecule has 0 aliphatic rings. The second-order valence-electron chi connectivity index (χ2n) is 7.52. The molecule has 1 aromatic rings. The molecule has 0 heterocycles. The van der Waals surface area contributed by atoms with Crippen molar-refractivity contribution in [1.29, 1.82) is 0 Å². The van der Waals surface area contributed by atoms with Crippen molar-refractivity contribution in [3.05, 3.63) is 41.1 Å². The average molecular weight is 326 g/mol. The maximum absolute atomic E-state index is 14.6. The van der Waals surface area contributed by atoms with Crippen LogP contribution in [0.5, 0.6) is 0 Å². The van der Waals surface area contributed by atoms with Gasteiger partial charge >= 0.3 is 0 Å². The van der Waals surface area contributed by atoms with Crippen LogP contribution >= 0.6 is 0 Å². The molecule has 22 heavy (non-hydrogen) atoms. The Morgan fingerprint density at radius 2 is 1.73 bits per heavy atom. The molecule has 0 aromatic heterocycles. The van der Waals surface area contributed by atoms with E-state index >= 15 is 0 Å². The van der Waals surface area contributed by atoms with Gasteiger partial charge in [0, 0.05) is 5.56 Å². The standard InChI is InChI=1S/C17H28FNO2Si/c1-16(2,3)22(5,6)21-14-17(4,18)13-19(20)12-15-10-8-7-9-11-15/h7-11,13H,12,14H2,1-6H3/b19-13-/t17-/m1/s1. The van der Waals surface area contributed by atoms with E-state index in [0.717, 1.165) is 11.8 Å². The van der Waals surface area contributed by atoms with Gasteiger partial charge in [0.2, 0.25) is 5.67 Å². The Labute approximate surface area is 134 Å². The van der Waals surface area contributed by atoms with Crippen molar-refractivity contribution in [2.24, 2.45) is 0 Å². The van der Waals surface area contributed by atoms with Crippen molar-refractivity contribution >= 4 is 14.5 Å². The summed E-state index contributed by atoms with van der Waals surface area (Å²) in [7, 11) is -2.02. The van der Waals surface area contributed by atoms with Gasteiger partial charge in [-0.1, -0.05) is 51.1 Å². The highest BCUT2D eigenvalue weighted by molar-refractivity contribution is 6.74. The summed E-state index contributed by atoms with van der Waals surface area (Å²) in [5.41, 5.74) is -0.915. The fourth-order valence-electron chi connectivity index (χ4n) is 1.68. The largest absolute Gasteiger partial charge is 0.624 e. The minimum atomic E-state index is -2.02. The summed E-state index contributed by atoms with van der Waals surface area (Å²) >= 11 is 0. The number of hydrogen-bond acceptors (Lipinski definition) is 2. The summed E-state index contributed by atoms with van der Waals surface area (Å²) in [6.07, 6.45) is 1.08. The topological polar surface area (TPSA) is 35.3 Å². The van der Waals surface area contributed by atoms with Crippen molar-refractivity contribution in [1.82, 2.24) is 0 Å². The predicted molar refractivity (Wildman–Crippen MR) is 92.5 cm³/mol. The Morgan fingerprint density at radius 3 is 2.23 bits per heavy atom. The van der Waals surface area contributed by atoms with Crippen LogP contribution in [0.2, 0.25) is 18.1 Å². The molecule has 0 aliphatic carbocycles. The number of halogens is 1. The van der Waals surface area contributed by atoms with Crippen LogP contribution in [-0.2, 0) is 11.0 Å². The normalized spacial score (nSPS) is 16.4. The molecule has 0 saturated carbocycles. The van der Waals surface area contributed by atoms with Gasteiger partial charge in [-0.2, -0.15) is 0 Å². The van der Waals surface area contributed by atoms with E-state index in [1.54, 1.807) is 0 Å². The van der Waals surface area contributed by atoms with Gasteiger partial charge < -0.3 is 9.63 Å². The van der Waals surface area contributed by atoms with Crippen molar-refractivity contribution in [3.8, 4) is 0 Å². The van der Waals surface area contributed by atoms with Gasteiger partial charge in [0.05, 0.1) is 6.61 Å². The molecular formula is C17H28FNO2Si. The molecule has 1 atom stereocenters.